The van der Waals surface area contributed by atoms with Crippen LogP contribution in [-0.4, -0.2) is 17.6 Å². The Balaban J connectivity index is 2.65. The van der Waals surface area contributed by atoms with Gasteiger partial charge in [-0.1, -0.05) is 12.7 Å². The number of carbonyl (C=O) groups is 1. The van der Waals surface area contributed by atoms with Gasteiger partial charge < -0.3 is 14.6 Å². The Morgan fingerprint density at radius 3 is 3.17 bits per heavy atom. The van der Waals surface area contributed by atoms with Crippen LogP contribution in [-0.2, 0) is 9.47 Å². The molecule has 0 bridgehead atoms. The average molecular weight is 168 g/mol. The zero-order valence-electron chi connectivity index (χ0n) is 6.27. The zero-order valence-corrected chi connectivity index (χ0v) is 6.27. The van der Waals surface area contributed by atoms with E-state index in [9.17, 15) is 4.79 Å². The first-order valence-electron chi connectivity index (χ1n) is 3.28. The van der Waals surface area contributed by atoms with Gasteiger partial charge in [-0.15, -0.1) is 0 Å². The van der Waals surface area contributed by atoms with Crippen molar-refractivity contribution in [3.8, 4) is 0 Å². The lowest BCUT2D eigenvalue weighted by atomic mass is 10.2. The number of hydrogen-bond acceptors (Lipinski definition) is 3. The second-order valence-electron chi connectivity index (χ2n) is 2.05. The maximum absolute atomic E-state index is 10.1. The highest BCUT2D eigenvalue weighted by molar-refractivity contribution is 5.57. The van der Waals surface area contributed by atoms with E-state index >= 15 is 0 Å². The van der Waals surface area contributed by atoms with Crippen LogP contribution in [0.1, 0.15) is 0 Å². The van der Waals surface area contributed by atoms with Crippen LogP contribution in [0, 0.1) is 0 Å². The van der Waals surface area contributed by atoms with Gasteiger partial charge in [0.25, 0.3) is 6.29 Å². The molecular formula is C8H8O4. The Hall–Kier alpha value is -1.71. The first-order valence-corrected chi connectivity index (χ1v) is 3.28. The first-order chi connectivity index (χ1) is 5.74. The maximum Gasteiger partial charge on any atom is 0.509 e. The molecule has 0 fully saturated rings. The molecule has 4 nitrogen and oxygen atoms in total. The van der Waals surface area contributed by atoms with Crippen LogP contribution < -0.4 is 0 Å². The molecule has 4 heteroatoms. The first kappa shape index (κ1) is 8.39. The third-order valence-corrected chi connectivity index (χ3v) is 1.29. The molecule has 1 heterocycles. The lowest BCUT2D eigenvalue weighted by Crippen LogP contribution is -2.21. The van der Waals surface area contributed by atoms with Crippen molar-refractivity contribution >= 4 is 6.16 Å². The van der Waals surface area contributed by atoms with Crippen LogP contribution in [0.15, 0.2) is 36.6 Å². The lowest BCUT2D eigenvalue weighted by Gasteiger charge is -2.18. The Kier molecular flexibility index (Phi) is 2.53. The molecule has 0 radical (unpaired) electrons. The van der Waals surface area contributed by atoms with Gasteiger partial charge >= 0.3 is 6.16 Å². The van der Waals surface area contributed by atoms with Gasteiger partial charge in [0.2, 0.25) is 0 Å². The van der Waals surface area contributed by atoms with Gasteiger partial charge in [-0.3, -0.25) is 0 Å². The summed E-state index contributed by atoms with van der Waals surface area (Å²) in [4.78, 5) is 10.1. The molecule has 1 unspecified atom stereocenters. The van der Waals surface area contributed by atoms with Crippen molar-refractivity contribution in [2.75, 3.05) is 0 Å². The molecule has 1 atom stereocenters. The van der Waals surface area contributed by atoms with Gasteiger partial charge in [0, 0.05) is 5.57 Å². The van der Waals surface area contributed by atoms with E-state index < -0.39 is 12.4 Å². The summed E-state index contributed by atoms with van der Waals surface area (Å²) in [6.45, 7) is 3.49. The molecule has 64 valence electrons. The molecule has 0 aromatic rings. The fourth-order valence-electron chi connectivity index (χ4n) is 0.776. The zero-order chi connectivity index (χ0) is 8.97. The van der Waals surface area contributed by atoms with E-state index in [0.29, 0.717) is 5.57 Å². The van der Waals surface area contributed by atoms with Gasteiger partial charge in [-0.2, -0.15) is 0 Å². The molecule has 0 aromatic carbocycles. The summed E-state index contributed by atoms with van der Waals surface area (Å²) in [7, 11) is 0. The number of rotatable bonds is 2. The predicted molar refractivity (Wildman–Crippen MR) is 41.4 cm³/mol. The van der Waals surface area contributed by atoms with Crippen LogP contribution in [0.3, 0.4) is 0 Å². The van der Waals surface area contributed by atoms with Crippen molar-refractivity contribution < 1.29 is 19.4 Å². The molecule has 0 amide bonds. The van der Waals surface area contributed by atoms with E-state index in [1.807, 2.05) is 0 Å². The molecule has 0 saturated carbocycles. The normalized spacial score (nSPS) is 20.7. The van der Waals surface area contributed by atoms with Crippen molar-refractivity contribution in [3.63, 3.8) is 0 Å². The quantitative estimate of drug-likeness (QED) is 0.637. The van der Waals surface area contributed by atoms with Crippen LogP contribution in [0.25, 0.3) is 0 Å². The lowest BCUT2D eigenvalue weighted by molar-refractivity contribution is -0.0538. The van der Waals surface area contributed by atoms with Crippen molar-refractivity contribution in [3.05, 3.63) is 36.6 Å². The molecule has 1 aliphatic heterocycles. The van der Waals surface area contributed by atoms with Gasteiger partial charge in [-0.05, 0) is 12.2 Å². The molecule has 0 spiro atoms. The SMILES string of the molecule is C=CC1=CC=COC1OC(=O)O. The Bertz CT molecular complexity index is 252. The number of carboxylic acid groups (broad SMARTS) is 1. The van der Waals surface area contributed by atoms with E-state index in [2.05, 4.69) is 11.3 Å². The van der Waals surface area contributed by atoms with Crippen molar-refractivity contribution in [1.29, 1.82) is 0 Å². The summed E-state index contributed by atoms with van der Waals surface area (Å²) in [5, 5.41) is 8.29. The minimum absolute atomic E-state index is 0.583. The summed E-state index contributed by atoms with van der Waals surface area (Å²) in [5.41, 5.74) is 0.583. The van der Waals surface area contributed by atoms with Crippen molar-refractivity contribution in [2.24, 2.45) is 0 Å². The summed E-state index contributed by atoms with van der Waals surface area (Å²) in [6.07, 6.45) is 3.90. The minimum atomic E-state index is -1.37. The molecule has 1 aliphatic rings. The summed E-state index contributed by atoms with van der Waals surface area (Å²) < 4.78 is 9.27. The number of hydrogen-bond donors (Lipinski definition) is 1. The predicted octanol–water partition coefficient (Wildman–Crippen LogP) is 1.66. The molecule has 12 heavy (non-hydrogen) atoms. The van der Waals surface area contributed by atoms with E-state index in [1.54, 1.807) is 12.2 Å². The Morgan fingerprint density at radius 1 is 1.83 bits per heavy atom. The standard InChI is InChI=1S/C8H8O4/c1-2-6-4-3-5-11-7(6)12-8(9)10/h2-5,7H,1H2,(H,9,10). The van der Waals surface area contributed by atoms with Gasteiger partial charge in [0.05, 0.1) is 6.26 Å². The molecule has 0 aliphatic carbocycles. The molecule has 1 rings (SSSR count). The summed E-state index contributed by atoms with van der Waals surface area (Å²) >= 11 is 0. The van der Waals surface area contributed by atoms with Crippen LogP contribution in [0.2, 0.25) is 0 Å². The highest BCUT2D eigenvalue weighted by atomic mass is 16.8. The highest BCUT2D eigenvalue weighted by Crippen LogP contribution is 2.14. The fraction of sp³-hybridized carbons (Fsp3) is 0.125. The molecular weight excluding hydrogens is 160 g/mol. The minimum Gasteiger partial charge on any atom is -0.458 e. The van der Waals surface area contributed by atoms with E-state index in [1.165, 1.54) is 12.3 Å². The summed E-state index contributed by atoms with van der Waals surface area (Å²) in [5.74, 6) is 0. The van der Waals surface area contributed by atoms with E-state index in [0.717, 1.165) is 0 Å². The molecule has 0 saturated heterocycles. The largest absolute Gasteiger partial charge is 0.509 e. The topological polar surface area (TPSA) is 55.8 Å². The maximum atomic E-state index is 10.1. The molecule has 0 aromatic heterocycles. The highest BCUT2D eigenvalue weighted by Gasteiger charge is 2.18. The summed E-state index contributed by atoms with van der Waals surface area (Å²) in [6, 6.07) is 0. The van der Waals surface area contributed by atoms with Crippen LogP contribution >= 0.6 is 0 Å². The average Bonchev–Trinajstić information content (AvgIpc) is 2.04. The Morgan fingerprint density at radius 2 is 2.58 bits per heavy atom. The van der Waals surface area contributed by atoms with Gasteiger partial charge in [0.15, 0.2) is 0 Å². The molecule has 1 N–H and O–H groups in total. The van der Waals surface area contributed by atoms with E-state index in [-0.39, 0.29) is 0 Å². The van der Waals surface area contributed by atoms with Gasteiger partial charge in [-0.25, -0.2) is 4.79 Å². The number of ether oxygens (including phenoxy) is 2. The monoisotopic (exact) mass is 168 g/mol. The third kappa shape index (κ3) is 1.88. The van der Waals surface area contributed by atoms with Crippen LogP contribution in [0.4, 0.5) is 4.79 Å². The van der Waals surface area contributed by atoms with E-state index in [4.69, 9.17) is 9.84 Å². The third-order valence-electron chi connectivity index (χ3n) is 1.29. The van der Waals surface area contributed by atoms with Crippen LogP contribution in [0.5, 0.6) is 0 Å². The second kappa shape index (κ2) is 3.61. The number of allylic oxidation sites excluding steroid dienone is 2. The van der Waals surface area contributed by atoms with Crippen molar-refractivity contribution in [2.45, 2.75) is 6.29 Å². The van der Waals surface area contributed by atoms with Crippen molar-refractivity contribution in [1.82, 2.24) is 0 Å². The fourth-order valence-corrected chi connectivity index (χ4v) is 0.776. The van der Waals surface area contributed by atoms with Gasteiger partial charge in [0.1, 0.15) is 0 Å². The Labute approximate surface area is 69.4 Å². The second-order valence-corrected chi connectivity index (χ2v) is 2.05. The smallest absolute Gasteiger partial charge is 0.458 e.